The summed E-state index contributed by atoms with van der Waals surface area (Å²) >= 11 is 0.849. The molecule has 2 aliphatic rings. The Labute approximate surface area is 248 Å². The number of benzene rings is 2. The number of aromatic nitrogens is 3. The van der Waals surface area contributed by atoms with Crippen LogP contribution in [0.5, 0.6) is 6.01 Å². The van der Waals surface area contributed by atoms with Gasteiger partial charge in [0.05, 0.1) is 10.2 Å². The van der Waals surface area contributed by atoms with E-state index in [0.29, 0.717) is 26.2 Å². The van der Waals surface area contributed by atoms with Gasteiger partial charge in [-0.15, -0.1) is 0 Å². The van der Waals surface area contributed by atoms with Crippen LogP contribution in [0.15, 0.2) is 30.9 Å². The van der Waals surface area contributed by atoms with Gasteiger partial charge in [0, 0.05) is 54.3 Å². The second kappa shape index (κ2) is 11.6. The number of likely N-dealkylation sites (tertiary alicyclic amines) is 1. The van der Waals surface area contributed by atoms with E-state index in [2.05, 4.69) is 26.4 Å². The van der Waals surface area contributed by atoms with Crippen molar-refractivity contribution in [2.45, 2.75) is 25.3 Å². The number of anilines is 2. The maximum absolute atomic E-state index is 16.6. The number of hydrogen-bond acceptors (Lipinski definition) is 9. The van der Waals surface area contributed by atoms with Crippen LogP contribution in [-0.2, 0) is 4.79 Å². The first kappa shape index (κ1) is 29.1. The number of ether oxygens (including phenoxy) is 1. The van der Waals surface area contributed by atoms with Gasteiger partial charge in [-0.25, -0.2) is 22.5 Å². The van der Waals surface area contributed by atoms with E-state index in [0.717, 1.165) is 36.8 Å². The van der Waals surface area contributed by atoms with E-state index in [1.807, 2.05) is 7.05 Å². The molecule has 0 spiro atoms. The predicted octanol–water partition coefficient (Wildman–Crippen LogP) is 5.01. The van der Waals surface area contributed by atoms with Crippen LogP contribution in [0.2, 0.25) is 0 Å². The Balaban J connectivity index is 1.51. The Hall–Kier alpha value is -4.04. The molecule has 43 heavy (non-hydrogen) atoms. The third-order valence-corrected chi connectivity index (χ3v) is 8.97. The van der Waals surface area contributed by atoms with Crippen molar-refractivity contribution in [3.05, 3.63) is 48.1 Å². The first-order chi connectivity index (χ1) is 20.7. The second-order valence-corrected chi connectivity index (χ2v) is 11.6. The monoisotopic (exact) mass is 615 g/mol. The Bertz CT molecular complexity index is 1720. The van der Waals surface area contributed by atoms with Crippen LogP contribution in [-0.4, -0.2) is 83.1 Å². The third-order valence-electron chi connectivity index (χ3n) is 8.08. The van der Waals surface area contributed by atoms with Crippen LogP contribution in [0.1, 0.15) is 24.8 Å². The fourth-order valence-corrected chi connectivity index (χ4v) is 6.55. The minimum Gasteiger partial charge on any atom is -0.462 e. The summed E-state index contributed by atoms with van der Waals surface area (Å²) in [6.07, 6.45) is 0.0810. The molecule has 4 aromatic rings. The Morgan fingerprint density at radius 3 is 2.60 bits per heavy atom. The van der Waals surface area contributed by atoms with Crippen LogP contribution < -0.4 is 15.4 Å². The number of halogens is 4. The largest absolute Gasteiger partial charge is 0.462 e. The van der Waals surface area contributed by atoms with Gasteiger partial charge >= 0.3 is 6.01 Å². The molecule has 6 rings (SSSR count). The highest BCUT2D eigenvalue weighted by atomic mass is 32.1. The molecule has 2 fully saturated rings. The Morgan fingerprint density at radius 2 is 1.93 bits per heavy atom. The van der Waals surface area contributed by atoms with Gasteiger partial charge in [0.2, 0.25) is 5.91 Å². The number of alkyl halides is 2. The average molecular weight is 616 g/mol. The third kappa shape index (κ3) is 5.33. The zero-order valence-corrected chi connectivity index (χ0v) is 24.1. The van der Waals surface area contributed by atoms with Crippen molar-refractivity contribution in [2.24, 2.45) is 0 Å². The Morgan fingerprint density at radius 1 is 1.16 bits per heavy atom. The second-order valence-electron chi connectivity index (χ2n) is 10.6. The topological polar surface area (TPSA) is 101 Å². The smallest absolute Gasteiger partial charge is 0.319 e. The number of nitrogens with zero attached hydrogens (tertiary/aromatic N) is 6. The summed E-state index contributed by atoms with van der Waals surface area (Å²) in [4.78, 5) is 30.8. The average Bonchev–Trinajstić information content (AvgIpc) is 3.61. The fourth-order valence-electron chi connectivity index (χ4n) is 5.78. The zero-order valence-electron chi connectivity index (χ0n) is 23.3. The number of likely N-dealkylation sites (N-methyl/N-ethyl adjacent to an activating group) is 1. The summed E-state index contributed by atoms with van der Waals surface area (Å²) in [5.74, 6) is -1.67. The lowest BCUT2D eigenvalue weighted by molar-refractivity contribution is -0.126. The standard InChI is InChI=1S/C29H29F4N7O2S/c1-3-20(41)39-9-11-40(12-10-39)27-18-13-17(26(32)33)21(16-6-7-19(30)25-24(16)35-28(34)43-25)22(31)23(18)36-29(37-27)42-14-15-5-4-8-38(15)2/h3,6-7,13,15,26H,1,4-5,8-12,14H2,2H3,(H2,34,35)/t15-/m0/s1. The van der Waals surface area contributed by atoms with E-state index in [4.69, 9.17) is 10.5 Å². The van der Waals surface area contributed by atoms with Gasteiger partial charge in [-0.1, -0.05) is 17.9 Å². The molecule has 1 amide bonds. The molecule has 9 nitrogen and oxygen atoms in total. The Kier molecular flexibility index (Phi) is 7.81. The van der Waals surface area contributed by atoms with Crippen LogP contribution in [0.3, 0.4) is 0 Å². The van der Waals surface area contributed by atoms with Crippen molar-refractivity contribution in [1.29, 1.82) is 0 Å². The number of piperazine rings is 1. The maximum Gasteiger partial charge on any atom is 0.319 e. The lowest BCUT2D eigenvalue weighted by Crippen LogP contribution is -2.48. The lowest BCUT2D eigenvalue weighted by Gasteiger charge is -2.35. The van der Waals surface area contributed by atoms with Gasteiger partial charge in [-0.2, -0.15) is 9.97 Å². The summed E-state index contributed by atoms with van der Waals surface area (Å²) in [7, 11) is 1.99. The number of carbonyl (C=O) groups excluding carboxylic acids is 1. The summed E-state index contributed by atoms with van der Waals surface area (Å²) < 4.78 is 66.5. The molecule has 4 heterocycles. The number of carbonyl (C=O) groups is 1. The maximum atomic E-state index is 16.6. The van der Waals surface area contributed by atoms with Crippen LogP contribution in [0.25, 0.3) is 32.2 Å². The van der Waals surface area contributed by atoms with Gasteiger partial charge in [-0.05, 0) is 50.7 Å². The van der Waals surface area contributed by atoms with E-state index < -0.39 is 29.2 Å². The first-order valence-corrected chi connectivity index (χ1v) is 14.6. The molecular formula is C29H29F4N7O2S. The molecule has 14 heteroatoms. The molecule has 0 bridgehead atoms. The van der Waals surface area contributed by atoms with Gasteiger partial charge in [-0.3, -0.25) is 4.79 Å². The highest BCUT2D eigenvalue weighted by Gasteiger charge is 2.30. The van der Waals surface area contributed by atoms with Crippen LogP contribution in [0.4, 0.5) is 28.5 Å². The van der Waals surface area contributed by atoms with E-state index in [9.17, 15) is 18.0 Å². The zero-order chi connectivity index (χ0) is 30.4. The molecule has 0 aliphatic carbocycles. The molecule has 2 aromatic heterocycles. The minimum atomic E-state index is -3.09. The summed E-state index contributed by atoms with van der Waals surface area (Å²) in [5, 5.41) is 0.0916. The number of amides is 1. The molecule has 226 valence electrons. The van der Waals surface area contributed by atoms with Crippen molar-refractivity contribution < 1.29 is 27.1 Å². The van der Waals surface area contributed by atoms with E-state index in [-0.39, 0.29) is 62.2 Å². The molecule has 2 N–H and O–H groups in total. The van der Waals surface area contributed by atoms with E-state index in [1.54, 1.807) is 9.80 Å². The molecule has 2 aliphatic heterocycles. The van der Waals surface area contributed by atoms with Gasteiger partial charge in [0.25, 0.3) is 6.43 Å². The first-order valence-electron chi connectivity index (χ1n) is 13.8. The normalized spacial score (nSPS) is 17.9. The van der Waals surface area contributed by atoms with Crippen molar-refractivity contribution in [3.63, 3.8) is 0 Å². The van der Waals surface area contributed by atoms with Crippen LogP contribution >= 0.6 is 11.3 Å². The molecule has 0 radical (unpaired) electrons. The molecule has 0 saturated carbocycles. The van der Waals surface area contributed by atoms with Gasteiger partial charge in [0.1, 0.15) is 23.8 Å². The quantitative estimate of drug-likeness (QED) is 0.229. The van der Waals surface area contributed by atoms with Crippen LogP contribution in [0, 0.1) is 11.6 Å². The van der Waals surface area contributed by atoms with Crippen molar-refractivity contribution in [3.8, 4) is 17.1 Å². The van der Waals surface area contributed by atoms with Crippen molar-refractivity contribution in [1.82, 2.24) is 24.8 Å². The highest BCUT2D eigenvalue weighted by Crippen LogP contribution is 2.43. The molecule has 1 atom stereocenters. The molecule has 0 unspecified atom stereocenters. The molecular weight excluding hydrogens is 586 g/mol. The van der Waals surface area contributed by atoms with Gasteiger partial charge < -0.3 is 25.2 Å². The van der Waals surface area contributed by atoms with Crippen molar-refractivity contribution in [2.75, 3.05) is 57.0 Å². The molecule has 2 aromatic carbocycles. The highest BCUT2D eigenvalue weighted by molar-refractivity contribution is 7.22. The van der Waals surface area contributed by atoms with Gasteiger partial charge in [0.15, 0.2) is 10.9 Å². The summed E-state index contributed by atoms with van der Waals surface area (Å²) in [5.41, 5.74) is 4.50. The summed E-state index contributed by atoms with van der Waals surface area (Å²) in [6, 6.07) is 3.51. The SMILES string of the molecule is C=CC(=O)N1CCN(c2nc(OC[C@@H]3CCCN3C)nc3c(F)c(-c4ccc(F)c5sc(N)nc45)c(C(F)F)cc23)CC1. The minimum absolute atomic E-state index is 0.0133. The number of nitrogens with two attached hydrogens (primary N) is 1. The van der Waals surface area contributed by atoms with E-state index in [1.165, 1.54) is 18.2 Å². The number of fused-ring (bicyclic) bond motifs is 2. The summed E-state index contributed by atoms with van der Waals surface area (Å²) in [6.45, 7) is 6.03. The van der Waals surface area contributed by atoms with Crippen molar-refractivity contribution >= 4 is 49.3 Å². The number of hydrogen-bond donors (Lipinski definition) is 1. The number of rotatable bonds is 7. The number of thiazole rings is 1. The van der Waals surface area contributed by atoms with E-state index >= 15 is 4.39 Å². The molecule has 2 saturated heterocycles. The predicted molar refractivity (Wildman–Crippen MR) is 158 cm³/mol. The lowest BCUT2D eigenvalue weighted by atomic mass is 9.95. The number of nitrogen functional groups attached to an aromatic ring is 1. The fraction of sp³-hybridized carbons (Fsp3) is 0.379.